The van der Waals surface area contributed by atoms with Gasteiger partial charge in [0.15, 0.2) is 0 Å². The maximum Gasteiger partial charge on any atom is 2.00 e. The van der Waals surface area contributed by atoms with E-state index < -0.39 is 11.9 Å². The summed E-state index contributed by atoms with van der Waals surface area (Å²) in [5.74, 6) is -0.996. The van der Waals surface area contributed by atoms with Crippen molar-refractivity contribution in [2.75, 3.05) is 0 Å². The van der Waals surface area contributed by atoms with Crippen LogP contribution in [0.1, 0.15) is 106 Å². The van der Waals surface area contributed by atoms with Gasteiger partial charge in [0.1, 0.15) is 11.5 Å². The molecule has 3 rings (SSSR count). The molecular formula is C31H42CoN2O6. The van der Waals surface area contributed by atoms with E-state index in [1.54, 1.807) is 0 Å². The number of aliphatic carboxylic acids is 2. The zero-order valence-electron chi connectivity index (χ0n) is 24.7. The fraction of sp³-hybridized carbons (Fsp3) is 0.484. The molecule has 1 aliphatic carbocycles. The summed E-state index contributed by atoms with van der Waals surface area (Å²) in [6, 6.07) is 8.23. The van der Waals surface area contributed by atoms with Crippen molar-refractivity contribution < 1.29 is 46.8 Å². The molecule has 2 aromatic rings. The predicted molar refractivity (Wildman–Crippen MR) is 152 cm³/mol. The molecule has 0 saturated heterocycles. The molecule has 1 aliphatic rings. The van der Waals surface area contributed by atoms with Crippen LogP contribution in [0.5, 0.6) is 11.5 Å². The van der Waals surface area contributed by atoms with Crippen LogP contribution in [-0.4, -0.2) is 46.7 Å². The van der Waals surface area contributed by atoms with E-state index in [0.29, 0.717) is 11.5 Å². The summed E-state index contributed by atoms with van der Waals surface area (Å²) >= 11 is 0. The van der Waals surface area contributed by atoms with Gasteiger partial charge in [-0.15, -0.1) is 0 Å². The Bertz CT molecular complexity index is 1090. The van der Waals surface area contributed by atoms with E-state index in [2.05, 4.69) is 27.7 Å². The number of phenols is 2. The quantitative estimate of drug-likeness (QED) is 0.483. The van der Waals surface area contributed by atoms with E-state index in [1.807, 2.05) is 50.5 Å². The Hall–Kier alpha value is -3.17. The number of hydrogen-bond donors (Lipinski definition) is 2. The summed E-state index contributed by atoms with van der Waals surface area (Å²) in [6.45, 7) is 14.4. The fourth-order valence-electron chi connectivity index (χ4n) is 4.37. The summed E-state index contributed by atoms with van der Waals surface area (Å²) in [5, 5.41) is 39.1. The first-order valence-electron chi connectivity index (χ1n) is 13.2. The average molecular weight is 598 g/mol. The Labute approximate surface area is 248 Å². The first kappa shape index (κ1) is 36.8. The van der Waals surface area contributed by atoms with Crippen molar-refractivity contribution in [1.29, 1.82) is 0 Å². The number of aromatic hydroxyl groups is 2. The molecule has 2 unspecified atom stereocenters. The molecule has 0 heterocycles. The van der Waals surface area contributed by atoms with Gasteiger partial charge in [0.05, 0.1) is 12.1 Å². The van der Waals surface area contributed by atoms with E-state index in [-0.39, 0.29) is 40.7 Å². The number of aliphatic imine (C=N–C) groups is 2. The Balaban J connectivity index is 0.00000149. The minimum atomic E-state index is -1.08. The number of carbonyl (C=O) groups is 2. The van der Waals surface area contributed by atoms with E-state index in [1.165, 1.54) is 0 Å². The number of rotatable bonds is 6. The Morgan fingerprint density at radius 3 is 1.35 bits per heavy atom. The molecule has 0 spiro atoms. The third-order valence-electron chi connectivity index (χ3n) is 6.12. The van der Waals surface area contributed by atoms with Gasteiger partial charge in [-0.3, -0.25) is 9.98 Å². The number of carboxylic acids is 2. The van der Waals surface area contributed by atoms with Gasteiger partial charge in [0, 0.05) is 35.5 Å². The van der Waals surface area contributed by atoms with Crippen LogP contribution in [0.3, 0.4) is 0 Å². The fourth-order valence-corrected chi connectivity index (χ4v) is 4.37. The zero-order valence-corrected chi connectivity index (χ0v) is 25.7. The molecule has 0 amide bonds. The number of carboxylic acid groups (broad SMARTS) is 2. The molecule has 2 atom stereocenters. The molecule has 1 saturated carbocycles. The van der Waals surface area contributed by atoms with Crippen molar-refractivity contribution in [1.82, 2.24) is 0 Å². The molecule has 0 aliphatic heterocycles. The third-order valence-corrected chi connectivity index (χ3v) is 6.12. The molecule has 1 radical (unpaired) electrons. The minimum Gasteiger partial charge on any atom is -0.550 e. The molecule has 0 aromatic heterocycles. The van der Waals surface area contributed by atoms with Gasteiger partial charge in [-0.2, -0.15) is 0 Å². The molecule has 221 valence electrons. The smallest absolute Gasteiger partial charge is 0.550 e. The molecule has 2 aromatic carbocycles. The van der Waals surface area contributed by atoms with Crippen molar-refractivity contribution in [2.45, 2.75) is 98.6 Å². The number of carbonyl (C=O) groups excluding carboxylic acids is 2. The second kappa shape index (κ2) is 17.5. The minimum absolute atomic E-state index is 0. The predicted octanol–water partition coefficient (Wildman–Crippen LogP) is 3.93. The van der Waals surface area contributed by atoms with Crippen molar-refractivity contribution in [3.05, 3.63) is 57.6 Å². The number of aryl methyl sites for hydroxylation is 2. The van der Waals surface area contributed by atoms with Crippen LogP contribution in [0.25, 0.3) is 0 Å². The number of hydrogen-bond acceptors (Lipinski definition) is 8. The average Bonchev–Trinajstić information content (AvgIpc) is 3.26. The van der Waals surface area contributed by atoms with E-state index in [0.717, 1.165) is 66.5 Å². The second-order valence-corrected chi connectivity index (χ2v) is 10.5. The van der Waals surface area contributed by atoms with Crippen molar-refractivity contribution in [3.8, 4) is 11.5 Å². The summed E-state index contributed by atoms with van der Waals surface area (Å²) in [6.07, 6.45) is 6.68. The molecule has 2 N–H and O–H groups in total. The standard InChI is InChI=1S/C27H36N2O2.2C2H4O2.Co/c1-16(2)22-12-18(5)10-20(26(22)30)14-28-24-8-7-9-25(24)29-15-21-11-19(6)13-23(17(3)4)27(21)31;2*1-2(3)4;/h10-17,24-25,30-31H,7-9H2,1-6H3;2*1H3,(H,3,4);/q;;;+2/p-2. The summed E-state index contributed by atoms with van der Waals surface area (Å²) < 4.78 is 0. The van der Waals surface area contributed by atoms with Gasteiger partial charge in [-0.1, -0.05) is 39.8 Å². The normalized spacial score (nSPS) is 16.4. The van der Waals surface area contributed by atoms with E-state index in [9.17, 15) is 10.2 Å². The van der Waals surface area contributed by atoms with E-state index >= 15 is 0 Å². The second-order valence-electron chi connectivity index (χ2n) is 10.5. The van der Waals surface area contributed by atoms with Gasteiger partial charge < -0.3 is 30.0 Å². The summed E-state index contributed by atoms with van der Waals surface area (Å²) in [7, 11) is 0. The Kier molecular flexibility index (Phi) is 16.1. The molecule has 0 bridgehead atoms. The van der Waals surface area contributed by atoms with Crippen LogP contribution in [0.15, 0.2) is 34.3 Å². The molecular weight excluding hydrogens is 555 g/mol. The molecule has 40 heavy (non-hydrogen) atoms. The Morgan fingerprint density at radius 2 is 1.07 bits per heavy atom. The van der Waals surface area contributed by atoms with Gasteiger partial charge in [-0.05, 0) is 93.2 Å². The first-order chi connectivity index (χ1) is 18.1. The van der Waals surface area contributed by atoms with Gasteiger partial charge in [0.25, 0.3) is 0 Å². The SMILES string of the molecule is CC(=O)[O-].CC(=O)[O-].Cc1cc(C=NC2CCCC2N=Cc2cc(C)cc(C(C)C)c2O)c(O)c(C(C)C)c1.[Co+2]. The number of benzene rings is 2. The number of phenolic OH excluding ortho intramolecular Hbond substituents is 2. The molecule has 8 nitrogen and oxygen atoms in total. The topological polar surface area (TPSA) is 145 Å². The first-order valence-corrected chi connectivity index (χ1v) is 13.2. The van der Waals surface area contributed by atoms with Crippen LogP contribution in [0, 0.1) is 13.8 Å². The van der Waals surface area contributed by atoms with Crippen LogP contribution >= 0.6 is 0 Å². The Morgan fingerprint density at radius 1 is 0.775 bits per heavy atom. The monoisotopic (exact) mass is 597 g/mol. The molecule has 1 fully saturated rings. The maximum atomic E-state index is 10.7. The van der Waals surface area contributed by atoms with Crippen LogP contribution in [-0.2, 0) is 26.4 Å². The van der Waals surface area contributed by atoms with Gasteiger partial charge in [0.2, 0.25) is 0 Å². The van der Waals surface area contributed by atoms with Crippen LogP contribution in [0.4, 0.5) is 0 Å². The van der Waals surface area contributed by atoms with E-state index in [4.69, 9.17) is 29.8 Å². The summed E-state index contributed by atoms with van der Waals surface area (Å²) in [5.41, 5.74) is 5.71. The zero-order chi connectivity index (χ0) is 29.9. The molecule has 9 heteroatoms. The van der Waals surface area contributed by atoms with Crippen molar-refractivity contribution in [3.63, 3.8) is 0 Å². The van der Waals surface area contributed by atoms with Crippen molar-refractivity contribution >= 4 is 24.4 Å². The van der Waals surface area contributed by atoms with Crippen LogP contribution in [0.2, 0.25) is 0 Å². The number of nitrogens with zero attached hydrogens (tertiary/aromatic N) is 2. The third kappa shape index (κ3) is 12.3. The largest absolute Gasteiger partial charge is 2.00 e. The van der Waals surface area contributed by atoms with Gasteiger partial charge >= 0.3 is 16.8 Å². The van der Waals surface area contributed by atoms with Crippen LogP contribution < -0.4 is 10.2 Å². The summed E-state index contributed by atoms with van der Waals surface area (Å²) in [4.78, 5) is 27.4. The maximum absolute atomic E-state index is 10.7. The van der Waals surface area contributed by atoms with Gasteiger partial charge in [-0.25, -0.2) is 0 Å². The van der Waals surface area contributed by atoms with Crippen molar-refractivity contribution in [2.24, 2.45) is 9.98 Å².